The van der Waals surface area contributed by atoms with E-state index in [4.69, 9.17) is 15.6 Å². The zero-order valence-electron chi connectivity index (χ0n) is 8.00. The van der Waals surface area contributed by atoms with Crippen LogP contribution >= 0.6 is 15.9 Å². The summed E-state index contributed by atoms with van der Waals surface area (Å²) in [4.78, 5) is 2.24. The second kappa shape index (κ2) is 6.06. The van der Waals surface area contributed by atoms with Crippen molar-refractivity contribution in [1.29, 1.82) is 5.41 Å². The number of halogens is 1. The number of nitrogens with two attached hydrogens (primary N) is 1. The van der Waals surface area contributed by atoms with Gasteiger partial charge in [0, 0.05) is 19.2 Å². The standard InChI is InChI=1S/C9H14BrN3O/c10-9(12)2-1-8(11)7-13-3-5-14-6-4-13/h1-2,11-12H,3-7H2/p+1/b2-1-,11-8?,12-9?. The van der Waals surface area contributed by atoms with Crippen LogP contribution in [-0.2, 0) is 4.74 Å². The fourth-order valence-electron chi connectivity index (χ4n) is 1.25. The van der Waals surface area contributed by atoms with E-state index in [1.165, 1.54) is 0 Å². The minimum absolute atomic E-state index is 0.336. The van der Waals surface area contributed by atoms with Crippen LogP contribution in [0.25, 0.3) is 0 Å². The Labute approximate surface area is 92.1 Å². The summed E-state index contributed by atoms with van der Waals surface area (Å²) in [6.45, 7) is 4.18. The highest BCUT2D eigenvalue weighted by Crippen LogP contribution is 1.96. The van der Waals surface area contributed by atoms with Crippen molar-refractivity contribution < 1.29 is 10.1 Å². The van der Waals surface area contributed by atoms with Crippen molar-refractivity contribution in [2.24, 2.45) is 0 Å². The maximum atomic E-state index is 7.13. The van der Waals surface area contributed by atoms with Crippen LogP contribution in [0.3, 0.4) is 0 Å². The third kappa shape index (κ3) is 4.64. The molecular weight excluding hydrogens is 246 g/mol. The number of nitrogens with one attached hydrogen (secondary N) is 1. The third-order valence-corrected chi connectivity index (χ3v) is 2.22. The Bertz CT molecular complexity index is 246. The molecule has 0 bridgehead atoms. The minimum Gasteiger partial charge on any atom is -0.379 e. The van der Waals surface area contributed by atoms with E-state index in [1.807, 2.05) is 0 Å². The molecule has 0 unspecified atom stereocenters. The minimum atomic E-state index is 0.336. The molecule has 0 aromatic heterocycles. The lowest BCUT2D eigenvalue weighted by atomic mass is 10.3. The van der Waals surface area contributed by atoms with Crippen molar-refractivity contribution in [3.63, 3.8) is 0 Å². The van der Waals surface area contributed by atoms with Gasteiger partial charge in [-0.15, -0.1) is 0 Å². The van der Waals surface area contributed by atoms with Crippen LogP contribution in [0.5, 0.6) is 0 Å². The van der Waals surface area contributed by atoms with Crippen molar-refractivity contribution in [2.75, 3.05) is 32.8 Å². The highest BCUT2D eigenvalue weighted by molar-refractivity contribution is 9.18. The molecule has 0 spiro atoms. The van der Waals surface area contributed by atoms with E-state index >= 15 is 0 Å². The molecule has 78 valence electrons. The average molecular weight is 261 g/mol. The SMILES string of the molecule is N=C(Br)/C=C\C(=[NH2+])CN1CCOCC1. The summed E-state index contributed by atoms with van der Waals surface area (Å²) >= 11 is 3.02. The van der Waals surface area contributed by atoms with E-state index in [2.05, 4.69) is 20.8 Å². The molecule has 1 rings (SSSR count). The van der Waals surface area contributed by atoms with E-state index in [-0.39, 0.29) is 0 Å². The van der Waals surface area contributed by atoms with E-state index in [9.17, 15) is 0 Å². The van der Waals surface area contributed by atoms with Crippen molar-refractivity contribution >= 4 is 26.3 Å². The highest BCUT2D eigenvalue weighted by Gasteiger charge is 2.12. The van der Waals surface area contributed by atoms with Gasteiger partial charge in [0.15, 0.2) is 5.71 Å². The van der Waals surface area contributed by atoms with Gasteiger partial charge in [0.25, 0.3) is 0 Å². The lowest BCUT2D eigenvalue weighted by Crippen LogP contribution is -2.48. The Balaban J connectivity index is 2.28. The van der Waals surface area contributed by atoms with Gasteiger partial charge in [0.05, 0.1) is 24.4 Å². The van der Waals surface area contributed by atoms with Crippen LogP contribution in [-0.4, -0.2) is 48.1 Å². The summed E-state index contributed by atoms with van der Waals surface area (Å²) in [7, 11) is 0. The lowest BCUT2D eigenvalue weighted by molar-refractivity contribution is -0.116. The van der Waals surface area contributed by atoms with E-state index in [1.54, 1.807) is 12.2 Å². The molecule has 0 saturated carbocycles. The molecule has 0 atom stereocenters. The van der Waals surface area contributed by atoms with Crippen LogP contribution < -0.4 is 5.41 Å². The number of nitrogens with zero attached hydrogens (tertiary/aromatic N) is 1. The number of hydrogen-bond acceptors (Lipinski definition) is 3. The second-order valence-corrected chi connectivity index (χ2v) is 4.00. The van der Waals surface area contributed by atoms with Gasteiger partial charge in [-0.1, -0.05) is 0 Å². The number of rotatable bonds is 4. The van der Waals surface area contributed by atoms with Crippen LogP contribution in [0.4, 0.5) is 0 Å². The van der Waals surface area contributed by atoms with Gasteiger partial charge in [-0.25, -0.2) is 0 Å². The van der Waals surface area contributed by atoms with Gasteiger partial charge >= 0.3 is 0 Å². The van der Waals surface area contributed by atoms with Gasteiger partial charge in [-0.3, -0.25) is 15.7 Å². The van der Waals surface area contributed by atoms with Gasteiger partial charge in [0.1, 0.15) is 0 Å². The van der Waals surface area contributed by atoms with E-state index < -0.39 is 0 Å². The maximum Gasteiger partial charge on any atom is 0.187 e. The summed E-state index contributed by atoms with van der Waals surface area (Å²) in [6, 6.07) is 0. The zero-order valence-corrected chi connectivity index (χ0v) is 9.59. The second-order valence-electron chi connectivity index (χ2n) is 3.14. The molecule has 5 heteroatoms. The Morgan fingerprint density at radius 2 is 2.07 bits per heavy atom. The Morgan fingerprint density at radius 1 is 1.43 bits per heavy atom. The lowest BCUT2D eigenvalue weighted by Gasteiger charge is -2.24. The molecule has 4 nitrogen and oxygen atoms in total. The van der Waals surface area contributed by atoms with Gasteiger partial charge in [0.2, 0.25) is 0 Å². The number of ether oxygens (including phenoxy) is 1. The van der Waals surface area contributed by atoms with Gasteiger partial charge in [-0.05, 0) is 22.0 Å². The molecule has 0 radical (unpaired) electrons. The van der Waals surface area contributed by atoms with Crippen LogP contribution in [0.1, 0.15) is 0 Å². The molecule has 0 amide bonds. The summed E-state index contributed by atoms with van der Waals surface area (Å²) in [6.07, 6.45) is 3.39. The molecule has 0 aromatic carbocycles. The first kappa shape index (κ1) is 11.6. The zero-order chi connectivity index (χ0) is 10.4. The number of allylic oxidation sites excluding steroid dienone is 1. The summed E-state index contributed by atoms with van der Waals surface area (Å²) in [5.74, 6) is 0. The predicted molar refractivity (Wildman–Crippen MR) is 60.0 cm³/mol. The van der Waals surface area contributed by atoms with Crippen LogP contribution in [0.2, 0.25) is 0 Å². The van der Waals surface area contributed by atoms with Crippen LogP contribution in [0, 0.1) is 5.41 Å². The fraction of sp³-hybridized carbons (Fsp3) is 0.556. The molecule has 3 N–H and O–H groups in total. The first-order valence-corrected chi connectivity index (χ1v) is 5.31. The largest absolute Gasteiger partial charge is 0.379 e. The van der Waals surface area contributed by atoms with Gasteiger partial charge < -0.3 is 4.74 Å². The monoisotopic (exact) mass is 260 g/mol. The predicted octanol–water partition coefficient (Wildman–Crippen LogP) is -0.553. The molecule has 1 aliphatic heterocycles. The first-order valence-electron chi connectivity index (χ1n) is 4.52. The molecule has 1 heterocycles. The Kier molecular flexibility index (Phi) is 5.00. The summed E-state index contributed by atoms with van der Waals surface area (Å²) in [5, 5.41) is 12.9. The summed E-state index contributed by atoms with van der Waals surface area (Å²) in [5.41, 5.74) is 0.774. The molecule has 1 aliphatic rings. The highest BCUT2D eigenvalue weighted by atomic mass is 79.9. The number of hydrogen-bond donors (Lipinski definition) is 2. The molecule has 1 saturated heterocycles. The van der Waals surface area contributed by atoms with Crippen LogP contribution in [0.15, 0.2) is 12.2 Å². The Hall–Kier alpha value is -0.520. The van der Waals surface area contributed by atoms with E-state index in [0.717, 1.165) is 38.6 Å². The first-order chi connectivity index (χ1) is 6.68. The average Bonchev–Trinajstić information content (AvgIpc) is 2.16. The number of morpholine rings is 1. The molecule has 0 aliphatic carbocycles. The molecular formula is C9H15BrN3O+. The quantitative estimate of drug-likeness (QED) is 0.667. The van der Waals surface area contributed by atoms with Crippen molar-refractivity contribution in [3.05, 3.63) is 12.2 Å². The smallest absolute Gasteiger partial charge is 0.187 e. The summed E-state index contributed by atoms with van der Waals surface area (Å²) < 4.78 is 5.56. The topological polar surface area (TPSA) is 61.9 Å². The van der Waals surface area contributed by atoms with Crippen molar-refractivity contribution in [2.45, 2.75) is 0 Å². The normalized spacial score (nSPS) is 18.6. The molecule has 1 fully saturated rings. The van der Waals surface area contributed by atoms with Crippen molar-refractivity contribution in [3.8, 4) is 0 Å². The third-order valence-electron chi connectivity index (χ3n) is 1.95. The molecule has 14 heavy (non-hydrogen) atoms. The Morgan fingerprint density at radius 3 is 2.64 bits per heavy atom. The molecule has 0 aromatic rings. The maximum absolute atomic E-state index is 7.13. The van der Waals surface area contributed by atoms with Gasteiger partial charge in [-0.2, -0.15) is 0 Å². The fourth-order valence-corrected chi connectivity index (χ4v) is 1.38. The van der Waals surface area contributed by atoms with Crippen molar-refractivity contribution in [1.82, 2.24) is 4.90 Å². The van der Waals surface area contributed by atoms with E-state index in [0.29, 0.717) is 4.62 Å².